The van der Waals surface area contributed by atoms with Gasteiger partial charge in [0.1, 0.15) is 5.75 Å². The van der Waals surface area contributed by atoms with E-state index in [0.29, 0.717) is 10.8 Å². The Labute approximate surface area is 99.2 Å². The van der Waals surface area contributed by atoms with Gasteiger partial charge in [-0.25, -0.2) is 0 Å². The fraction of sp³-hybridized carbons (Fsp3) is 0.364. The third-order valence-corrected chi connectivity index (χ3v) is 2.12. The maximum atomic E-state index is 11.3. The van der Waals surface area contributed by atoms with Crippen LogP contribution in [0.15, 0.2) is 24.3 Å². The van der Waals surface area contributed by atoms with Gasteiger partial charge in [-0.1, -0.05) is 11.6 Å². The quantitative estimate of drug-likeness (QED) is 0.818. The molecular weight excluding hydrogens is 230 g/mol. The van der Waals surface area contributed by atoms with E-state index in [1.807, 2.05) is 0 Å². The number of benzene rings is 1. The predicted molar refractivity (Wildman–Crippen MR) is 61.6 cm³/mol. The van der Waals surface area contributed by atoms with Crippen molar-refractivity contribution in [3.05, 3.63) is 29.3 Å². The molecule has 0 aliphatic heterocycles. The number of carbonyl (C=O) groups is 1. The minimum Gasteiger partial charge on any atom is -0.484 e. The maximum Gasteiger partial charge on any atom is 0.258 e. The third-order valence-electron chi connectivity index (χ3n) is 1.86. The van der Waals surface area contributed by atoms with Crippen molar-refractivity contribution in [2.24, 2.45) is 0 Å². The molecule has 1 aromatic carbocycles. The van der Waals surface area contributed by atoms with Crippen LogP contribution in [0.2, 0.25) is 5.02 Å². The van der Waals surface area contributed by atoms with Crippen LogP contribution < -0.4 is 10.1 Å². The topological polar surface area (TPSA) is 58.6 Å². The summed E-state index contributed by atoms with van der Waals surface area (Å²) in [5.41, 5.74) is 0. The number of amides is 1. The molecule has 0 aliphatic carbocycles. The normalized spacial score (nSPS) is 11.9. The lowest BCUT2D eigenvalue weighted by Crippen LogP contribution is -2.38. The number of aliphatic hydroxyl groups is 1. The standard InChI is InChI=1S/C11H14ClNO3/c1-8(6-14)13-11(15)7-16-10-4-2-9(12)3-5-10/h2-5,8,14H,6-7H2,1H3,(H,13,15)/t8-/m0/s1. The number of aliphatic hydroxyl groups excluding tert-OH is 1. The molecule has 0 aliphatic rings. The van der Waals surface area contributed by atoms with Gasteiger partial charge in [0, 0.05) is 11.1 Å². The summed E-state index contributed by atoms with van der Waals surface area (Å²) in [7, 11) is 0. The molecule has 0 saturated carbocycles. The summed E-state index contributed by atoms with van der Waals surface area (Å²) in [5.74, 6) is 0.313. The van der Waals surface area contributed by atoms with Gasteiger partial charge in [0.05, 0.1) is 6.61 Å². The number of hydrogen-bond acceptors (Lipinski definition) is 3. The molecule has 0 bridgehead atoms. The highest BCUT2D eigenvalue weighted by Gasteiger charge is 2.06. The Hall–Kier alpha value is -1.26. The van der Waals surface area contributed by atoms with Crippen LogP contribution in [0.4, 0.5) is 0 Å². The van der Waals surface area contributed by atoms with Crippen molar-refractivity contribution >= 4 is 17.5 Å². The molecule has 0 fully saturated rings. The number of nitrogens with one attached hydrogen (secondary N) is 1. The van der Waals surface area contributed by atoms with Crippen LogP contribution in [-0.4, -0.2) is 30.3 Å². The molecule has 1 atom stereocenters. The predicted octanol–water partition coefficient (Wildman–Crippen LogP) is 1.22. The Morgan fingerprint density at radius 1 is 1.50 bits per heavy atom. The van der Waals surface area contributed by atoms with Crippen LogP contribution in [0, 0.1) is 0 Å². The van der Waals surface area contributed by atoms with Crippen molar-refractivity contribution in [3.8, 4) is 5.75 Å². The zero-order chi connectivity index (χ0) is 12.0. The molecule has 1 amide bonds. The zero-order valence-electron chi connectivity index (χ0n) is 8.94. The van der Waals surface area contributed by atoms with Crippen LogP contribution in [0.3, 0.4) is 0 Å². The van der Waals surface area contributed by atoms with Gasteiger partial charge in [-0.05, 0) is 31.2 Å². The Balaban J connectivity index is 2.34. The summed E-state index contributed by atoms with van der Waals surface area (Å²) in [6.07, 6.45) is 0. The summed E-state index contributed by atoms with van der Waals surface area (Å²) >= 11 is 5.70. The van der Waals surface area contributed by atoms with Crippen molar-refractivity contribution < 1.29 is 14.6 Å². The van der Waals surface area contributed by atoms with E-state index in [1.54, 1.807) is 31.2 Å². The molecule has 5 heteroatoms. The van der Waals surface area contributed by atoms with Gasteiger partial charge in [0.15, 0.2) is 6.61 Å². The third kappa shape index (κ3) is 4.51. The van der Waals surface area contributed by atoms with Crippen molar-refractivity contribution in [3.63, 3.8) is 0 Å². The molecule has 0 aromatic heterocycles. The summed E-state index contributed by atoms with van der Waals surface area (Å²) in [5, 5.41) is 11.9. The summed E-state index contributed by atoms with van der Waals surface area (Å²) in [6, 6.07) is 6.48. The largest absolute Gasteiger partial charge is 0.484 e. The van der Waals surface area contributed by atoms with Gasteiger partial charge >= 0.3 is 0 Å². The molecule has 0 saturated heterocycles. The van der Waals surface area contributed by atoms with Crippen molar-refractivity contribution in [1.82, 2.24) is 5.32 Å². The van der Waals surface area contributed by atoms with Gasteiger partial charge in [0.25, 0.3) is 5.91 Å². The van der Waals surface area contributed by atoms with E-state index < -0.39 is 0 Å². The second kappa shape index (κ2) is 6.35. The van der Waals surface area contributed by atoms with Gasteiger partial charge < -0.3 is 15.2 Å². The average Bonchev–Trinajstić information content (AvgIpc) is 2.28. The minimum absolute atomic E-state index is 0.0774. The molecule has 0 heterocycles. The molecule has 0 unspecified atom stereocenters. The fourth-order valence-corrected chi connectivity index (χ4v) is 1.17. The van der Waals surface area contributed by atoms with Crippen molar-refractivity contribution in [1.29, 1.82) is 0 Å². The van der Waals surface area contributed by atoms with Crippen molar-refractivity contribution in [2.75, 3.05) is 13.2 Å². The lowest BCUT2D eigenvalue weighted by molar-refractivity contribution is -0.123. The Morgan fingerprint density at radius 3 is 2.69 bits per heavy atom. The van der Waals surface area contributed by atoms with E-state index >= 15 is 0 Å². The number of carbonyl (C=O) groups excluding carboxylic acids is 1. The van der Waals surface area contributed by atoms with Crippen LogP contribution in [0.5, 0.6) is 5.75 Å². The van der Waals surface area contributed by atoms with Crippen LogP contribution in [0.1, 0.15) is 6.92 Å². The molecule has 4 nitrogen and oxygen atoms in total. The van der Waals surface area contributed by atoms with E-state index in [4.69, 9.17) is 21.4 Å². The summed E-state index contributed by atoms with van der Waals surface area (Å²) in [6.45, 7) is 1.54. The number of rotatable bonds is 5. The number of halogens is 1. The smallest absolute Gasteiger partial charge is 0.258 e. The first-order chi connectivity index (χ1) is 7.61. The van der Waals surface area contributed by atoms with Crippen LogP contribution >= 0.6 is 11.6 Å². The Kier molecular flexibility index (Phi) is 5.08. The van der Waals surface area contributed by atoms with E-state index in [0.717, 1.165) is 0 Å². The molecule has 1 rings (SSSR count). The molecule has 0 radical (unpaired) electrons. The van der Waals surface area contributed by atoms with E-state index in [1.165, 1.54) is 0 Å². The monoisotopic (exact) mass is 243 g/mol. The van der Waals surface area contributed by atoms with Gasteiger partial charge in [-0.3, -0.25) is 4.79 Å². The lowest BCUT2D eigenvalue weighted by atomic mass is 10.3. The van der Waals surface area contributed by atoms with E-state index in [-0.39, 0.29) is 25.2 Å². The maximum absolute atomic E-state index is 11.3. The molecule has 88 valence electrons. The first kappa shape index (κ1) is 12.8. The Bertz CT molecular complexity index is 340. The highest BCUT2D eigenvalue weighted by atomic mass is 35.5. The highest BCUT2D eigenvalue weighted by molar-refractivity contribution is 6.30. The molecule has 0 spiro atoms. The fourth-order valence-electron chi connectivity index (χ4n) is 1.04. The molecule has 16 heavy (non-hydrogen) atoms. The molecule has 1 aromatic rings. The SMILES string of the molecule is C[C@@H](CO)NC(=O)COc1ccc(Cl)cc1. The van der Waals surface area contributed by atoms with E-state index in [2.05, 4.69) is 5.32 Å². The van der Waals surface area contributed by atoms with Crippen LogP contribution in [0.25, 0.3) is 0 Å². The van der Waals surface area contributed by atoms with Crippen molar-refractivity contribution in [2.45, 2.75) is 13.0 Å². The van der Waals surface area contributed by atoms with Gasteiger partial charge in [0.2, 0.25) is 0 Å². The first-order valence-electron chi connectivity index (χ1n) is 4.90. The zero-order valence-corrected chi connectivity index (χ0v) is 9.70. The lowest BCUT2D eigenvalue weighted by Gasteiger charge is -2.11. The average molecular weight is 244 g/mol. The number of hydrogen-bond donors (Lipinski definition) is 2. The van der Waals surface area contributed by atoms with Crippen LogP contribution in [-0.2, 0) is 4.79 Å². The van der Waals surface area contributed by atoms with Gasteiger partial charge in [-0.2, -0.15) is 0 Å². The second-order valence-corrected chi connectivity index (χ2v) is 3.83. The summed E-state index contributed by atoms with van der Waals surface area (Å²) in [4.78, 5) is 11.3. The minimum atomic E-state index is -0.267. The van der Waals surface area contributed by atoms with E-state index in [9.17, 15) is 4.79 Å². The number of ether oxygens (including phenoxy) is 1. The molecule has 2 N–H and O–H groups in total. The molecular formula is C11H14ClNO3. The van der Waals surface area contributed by atoms with Gasteiger partial charge in [-0.15, -0.1) is 0 Å². The Morgan fingerprint density at radius 2 is 2.12 bits per heavy atom. The highest BCUT2D eigenvalue weighted by Crippen LogP contribution is 2.15. The first-order valence-corrected chi connectivity index (χ1v) is 5.28. The summed E-state index contributed by atoms with van der Waals surface area (Å²) < 4.78 is 5.22. The second-order valence-electron chi connectivity index (χ2n) is 3.39.